The van der Waals surface area contributed by atoms with E-state index in [2.05, 4.69) is 4.98 Å². The van der Waals surface area contributed by atoms with Crippen molar-refractivity contribution >= 4 is 34.2 Å². The van der Waals surface area contributed by atoms with Gasteiger partial charge in [0.15, 0.2) is 5.13 Å². The zero-order chi connectivity index (χ0) is 11.4. The van der Waals surface area contributed by atoms with E-state index >= 15 is 0 Å². The summed E-state index contributed by atoms with van der Waals surface area (Å²) in [6.45, 7) is 5.91. The van der Waals surface area contributed by atoms with Crippen molar-refractivity contribution < 1.29 is 9.53 Å². The van der Waals surface area contributed by atoms with Crippen molar-refractivity contribution in [1.82, 2.24) is 4.98 Å². The van der Waals surface area contributed by atoms with E-state index in [-0.39, 0.29) is 11.2 Å². The molecule has 1 aromatic heterocycles. The van der Waals surface area contributed by atoms with Gasteiger partial charge in [0.25, 0.3) is 0 Å². The maximum absolute atomic E-state index is 11.4. The van der Waals surface area contributed by atoms with E-state index in [1.165, 1.54) is 23.1 Å². The minimum atomic E-state index is -0.219. The monoisotopic (exact) mass is 246 g/mol. The molecule has 0 aliphatic rings. The Labute approximate surface area is 97.2 Å². The molecule has 0 bridgehead atoms. The summed E-state index contributed by atoms with van der Waals surface area (Å²) in [5.41, 5.74) is 6.44. The largest absolute Gasteiger partial charge is 0.465 e. The van der Waals surface area contributed by atoms with Crippen LogP contribution in [0.3, 0.4) is 0 Å². The molecule has 0 aliphatic heterocycles. The molecule has 0 aromatic carbocycles. The number of thiazole rings is 1. The highest BCUT2D eigenvalue weighted by Gasteiger charge is 2.18. The fourth-order valence-electron chi connectivity index (χ4n) is 0.980. The summed E-state index contributed by atoms with van der Waals surface area (Å²) in [6, 6.07) is 0. The normalized spacial score (nSPS) is 12.5. The fraction of sp³-hybridized carbons (Fsp3) is 0.556. The number of esters is 1. The van der Waals surface area contributed by atoms with Crippen molar-refractivity contribution in [2.45, 2.75) is 30.2 Å². The van der Waals surface area contributed by atoms with Gasteiger partial charge >= 0.3 is 5.97 Å². The Bertz CT molecular complexity index is 352. The molecule has 0 fully saturated rings. The minimum Gasteiger partial charge on any atom is -0.465 e. The van der Waals surface area contributed by atoms with Crippen LogP contribution in [0.5, 0.6) is 0 Å². The molecule has 6 heteroatoms. The molecule has 0 aliphatic carbocycles. The minimum absolute atomic E-state index is 0.200. The first kappa shape index (κ1) is 12.3. The van der Waals surface area contributed by atoms with Crippen LogP contribution in [0.15, 0.2) is 4.21 Å². The average molecular weight is 246 g/mol. The number of nitrogens with two attached hydrogens (primary N) is 1. The van der Waals surface area contributed by atoms with Crippen molar-refractivity contribution in [3.63, 3.8) is 0 Å². The van der Waals surface area contributed by atoms with Crippen LogP contribution in [0.4, 0.5) is 5.13 Å². The lowest BCUT2D eigenvalue weighted by Gasteiger charge is -2.08. The molecule has 0 amide bonds. The Morgan fingerprint density at radius 2 is 2.40 bits per heavy atom. The van der Waals surface area contributed by atoms with E-state index in [1.54, 1.807) is 6.92 Å². The predicted molar refractivity (Wildman–Crippen MR) is 63.2 cm³/mol. The summed E-state index contributed by atoms with van der Waals surface area (Å²) in [4.78, 5) is 15.5. The van der Waals surface area contributed by atoms with Crippen LogP contribution in [0.1, 0.15) is 19.5 Å². The van der Waals surface area contributed by atoms with E-state index < -0.39 is 0 Å². The van der Waals surface area contributed by atoms with Crippen LogP contribution < -0.4 is 5.73 Å². The maximum Gasteiger partial charge on any atom is 0.319 e. The summed E-state index contributed by atoms with van der Waals surface area (Å²) in [5, 5.41) is 0.314. The second kappa shape index (κ2) is 5.37. The standard InChI is InChI=1S/C9H14N2O2S2/c1-4-13-7(12)6(3)14-8-5(2)11-9(10)15-8/h6H,4H2,1-3H3,(H2,10,11). The van der Waals surface area contributed by atoms with Crippen molar-refractivity contribution in [3.8, 4) is 0 Å². The maximum atomic E-state index is 11.4. The van der Waals surface area contributed by atoms with Crippen LogP contribution >= 0.6 is 23.1 Å². The molecule has 0 saturated heterocycles. The molecule has 1 unspecified atom stereocenters. The van der Waals surface area contributed by atoms with Crippen LogP contribution in [0.25, 0.3) is 0 Å². The summed E-state index contributed by atoms with van der Waals surface area (Å²) in [7, 11) is 0. The summed E-state index contributed by atoms with van der Waals surface area (Å²) in [6.07, 6.45) is 0. The van der Waals surface area contributed by atoms with Gasteiger partial charge in [-0.3, -0.25) is 4.79 Å². The highest BCUT2D eigenvalue weighted by Crippen LogP contribution is 2.33. The number of carbonyl (C=O) groups excluding carboxylic acids is 1. The molecular formula is C9H14N2O2S2. The van der Waals surface area contributed by atoms with Crippen LogP contribution in [0.2, 0.25) is 0 Å². The second-order valence-electron chi connectivity index (χ2n) is 2.94. The number of nitrogens with zero attached hydrogens (tertiary/aromatic N) is 1. The SMILES string of the molecule is CCOC(=O)C(C)Sc1sc(N)nc1C. The lowest BCUT2D eigenvalue weighted by atomic mass is 10.5. The van der Waals surface area contributed by atoms with Gasteiger partial charge in [-0.1, -0.05) is 23.1 Å². The third-order valence-corrected chi connectivity index (χ3v) is 4.05. The van der Waals surface area contributed by atoms with Gasteiger partial charge in [0.05, 0.1) is 16.5 Å². The van der Waals surface area contributed by atoms with Crippen molar-refractivity contribution in [2.24, 2.45) is 0 Å². The quantitative estimate of drug-likeness (QED) is 0.651. The fourth-order valence-corrected chi connectivity index (χ4v) is 3.13. The number of carbonyl (C=O) groups is 1. The number of thioether (sulfide) groups is 1. The number of aromatic nitrogens is 1. The van der Waals surface area contributed by atoms with Gasteiger partial charge in [0, 0.05) is 0 Å². The lowest BCUT2D eigenvalue weighted by molar-refractivity contribution is -0.142. The van der Waals surface area contributed by atoms with Crippen LogP contribution in [-0.4, -0.2) is 22.8 Å². The Morgan fingerprint density at radius 1 is 1.73 bits per heavy atom. The Hall–Kier alpha value is -0.750. The van der Waals surface area contributed by atoms with Crippen molar-refractivity contribution in [2.75, 3.05) is 12.3 Å². The molecule has 1 atom stereocenters. The molecule has 0 spiro atoms. The van der Waals surface area contributed by atoms with Gasteiger partial charge in [0.2, 0.25) is 0 Å². The lowest BCUT2D eigenvalue weighted by Crippen LogP contribution is -2.16. The van der Waals surface area contributed by atoms with E-state index in [9.17, 15) is 4.79 Å². The Balaban J connectivity index is 2.61. The number of aryl methyl sites for hydroxylation is 1. The van der Waals surface area contributed by atoms with Gasteiger partial charge in [-0.05, 0) is 20.8 Å². The third-order valence-electron chi connectivity index (χ3n) is 1.67. The Morgan fingerprint density at radius 3 is 2.87 bits per heavy atom. The smallest absolute Gasteiger partial charge is 0.319 e. The number of ether oxygens (including phenoxy) is 1. The first-order valence-electron chi connectivity index (χ1n) is 4.60. The number of rotatable bonds is 4. The molecule has 2 N–H and O–H groups in total. The summed E-state index contributed by atoms with van der Waals surface area (Å²) >= 11 is 2.84. The van der Waals surface area contributed by atoms with Crippen molar-refractivity contribution in [3.05, 3.63) is 5.69 Å². The van der Waals surface area contributed by atoms with Gasteiger partial charge < -0.3 is 10.5 Å². The number of nitrogen functional groups attached to an aromatic ring is 1. The van der Waals surface area contributed by atoms with E-state index in [1.807, 2.05) is 13.8 Å². The first-order valence-corrected chi connectivity index (χ1v) is 6.30. The topological polar surface area (TPSA) is 65.2 Å². The molecule has 15 heavy (non-hydrogen) atoms. The van der Waals surface area contributed by atoms with E-state index in [0.29, 0.717) is 11.7 Å². The van der Waals surface area contributed by atoms with E-state index in [4.69, 9.17) is 10.5 Å². The second-order valence-corrected chi connectivity index (χ2v) is 5.58. The first-order chi connectivity index (χ1) is 7.04. The van der Waals surface area contributed by atoms with E-state index in [0.717, 1.165) is 9.90 Å². The molecule has 0 saturated carbocycles. The molecule has 0 radical (unpaired) electrons. The third kappa shape index (κ3) is 3.39. The summed E-state index contributed by atoms with van der Waals surface area (Å²) < 4.78 is 5.90. The predicted octanol–water partition coefficient (Wildman–Crippen LogP) is 2.08. The summed E-state index contributed by atoms with van der Waals surface area (Å²) in [5.74, 6) is -0.200. The highest BCUT2D eigenvalue weighted by atomic mass is 32.2. The molecule has 4 nitrogen and oxygen atoms in total. The molecule has 1 aromatic rings. The zero-order valence-corrected chi connectivity index (χ0v) is 10.6. The molecule has 1 heterocycles. The van der Waals surface area contributed by atoms with Crippen LogP contribution in [-0.2, 0) is 9.53 Å². The van der Waals surface area contributed by atoms with Crippen molar-refractivity contribution in [1.29, 1.82) is 0 Å². The molecule has 84 valence electrons. The highest BCUT2D eigenvalue weighted by molar-refractivity contribution is 8.02. The van der Waals surface area contributed by atoms with Gasteiger partial charge in [-0.15, -0.1) is 0 Å². The van der Waals surface area contributed by atoms with Gasteiger partial charge in [-0.25, -0.2) is 4.98 Å². The average Bonchev–Trinajstić information content (AvgIpc) is 2.45. The number of anilines is 1. The molecular weight excluding hydrogens is 232 g/mol. The van der Waals surface area contributed by atoms with Gasteiger partial charge in [-0.2, -0.15) is 0 Å². The van der Waals surface area contributed by atoms with Gasteiger partial charge in [0.1, 0.15) is 5.25 Å². The number of hydrogen-bond acceptors (Lipinski definition) is 6. The number of hydrogen-bond donors (Lipinski definition) is 1. The zero-order valence-electron chi connectivity index (χ0n) is 8.94. The Kier molecular flexibility index (Phi) is 4.41. The molecule has 1 rings (SSSR count). The van der Waals surface area contributed by atoms with Crippen LogP contribution in [0, 0.1) is 6.92 Å².